The van der Waals surface area contributed by atoms with Crippen molar-refractivity contribution in [2.24, 2.45) is 0 Å². The minimum atomic E-state index is -0.161. The molecule has 6 heteroatoms. The van der Waals surface area contributed by atoms with E-state index >= 15 is 0 Å². The van der Waals surface area contributed by atoms with Gasteiger partial charge in [0.2, 0.25) is 0 Å². The molecule has 1 aliphatic heterocycles. The van der Waals surface area contributed by atoms with E-state index in [1.807, 2.05) is 0 Å². The lowest BCUT2D eigenvalue weighted by Crippen LogP contribution is -2.46. The molecule has 2 unspecified atom stereocenters. The Kier molecular flexibility index (Phi) is 6.16. The molecule has 0 bridgehead atoms. The highest BCUT2D eigenvalue weighted by molar-refractivity contribution is 5.89. The van der Waals surface area contributed by atoms with Crippen LogP contribution in [0.15, 0.2) is 24.5 Å². The highest BCUT2D eigenvalue weighted by atomic mass is 16.5. The first-order valence-electron chi connectivity index (χ1n) is 11.8. The first kappa shape index (κ1) is 20.2. The van der Waals surface area contributed by atoms with E-state index in [0.717, 1.165) is 68.7 Å². The van der Waals surface area contributed by atoms with Crippen LogP contribution in [-0.4, -0.2) is 64.5 Å². The predicted octanol–water partition coefficient (Wildman–Crippen LogP) is 3.70. The van der Waals surface area contributed by atoms with E-state index in [1.165, 1.54) is 31.2 Å². The number of aliphatic hydroxyl groups excluding tert-OH is 1. The Morgan fingerprint density at radius 1 is 1.00 bits per heavy atom. The summed E-state index contributed by atoms with van der Waals surface area (Å²) < 4.78 is 5.51. The fourth-order valence-electron chi connectivity index (χ4n) is 5.63. The van der Waals surface area contributed by atoms with E-state index in [4.69, 9.17) is 4.74 Å². The summed E-state index contributed by atoms with van der Waals surface area (Å²) in [5, 5.41) is 15.0. The predicted molar refractivity (Wildman–Crippen MR) is 119 cm³/mol. The van der Waals surface area contributed by atoms with Gasteiger partial charge in [0.05, 0.1) is 24.8 Å². The summed E-state index contributed by atoms with van der Waals surface area (Å²) in [6.45, 7) is 3.92. The van der Waals surface area contributed by atoms with Gasteiger partial charge in [-0.05, 0) is 68.6 Å². The minimum absolute atomic E-state index is 0.161. The van der Waals surface area contributed by atoms with Crippen LogP contribution in [0.1, 0.15) is 62.8 Å². The smallest absolute Gasteiger partial charge is 0.137 e. The van der Waals surface area contributed by atoms with Crippen LogP contribution in [0.25, 0.3) is 10.9 Å². The number of hydrogen-bond acceptors (Lipinski definition) is 6. The van der Waals surface area contributed by atoms with E-state index in [1.54, 1.807) is 6.33 Å². The number of benzene rings is 1. The Morgan fingerprint density at radius 2 is 1.83 bits per heavy atom. The van der Waals surface area contributed by atoms with Gasteiger partial charge in [-0.3, -0.25) is 4.90 Å². The maximum absolute atomic E-state index is 10.1. The van der Waals surface area contributed by atoms with Crippen molar-refractivity contribution in [3.05, 3.63) is 30.1 Å². The normalized spacial score (nSPS) is 31.0. The molecule has 0 radical (unpaired) electrons. The van der Waals surface area contributed by atoms with Gasteiger partial charge in [-0.15, -0.1) is 0 Å². The van der Waals surface area contributed by atoms with Crippen molar-refractivity contribution < 1.29 is 9.84 Å². The zero-order chi connectivity index (χ0) is 20.3. The van der Waals surface area contributed by atoms with Gasteiger partial charge < -0.3 is 15.2 Å². The van der Waals surface area contributed by atoms with Gasteiger partial charge in [-0.2, -0.15) is 0 Å². The molecule has 2 heterocycles. The second kappa shape index (κ2) is 9.16. The number of rotatable bonds is 4. The van der Waals surface area contributed by atoms with Gasteiger partial charge in [0.15, 0.2) is 0 Å². The standard InChI is InChI=1S/C24H34N4O2/c29-21-3-1-2-17(14-21)18-4-9-23-22(15-18)24(26-16-25-23)27-19-5-7-20(8-6-19)28-10-12-30-13-11-28/h4,9,15-17,19-21,29H,1-3,5-8,10-14H2,(H,25,26,27). The molecule has 5 rings (SSSR count). The van der Waals surface area contributed by atoms with E-state index in [-0.39, 0.29) is 6.10 Å². The lowest BCUT2D eigenvalue weighted by Gasteiger charge is -2.39. The summed E-state index contributed by atoms with van der Waals surface area (Å²) in [6.07, 6.45) is 10.4. The number of nitrogens with zero attached hydrogens (tertiary/aromatic N) is 3. The molecular formula is C24H34N4O2. The Bertz CT molecular complexity index is 846. The summed E-state index contributed by atoms with van der Waals surface area (Å²) in [6, 6.07) is 7.75. The highest BCUT2D eigenvalue weighted by Gasteiger charge is 2.27. The van der Waals surface area contributed by atoms with Crippen LogP contribution in [0.5, 0.6) is 0 Å². The Balaban J connectivity index is 1.28. The van der Waals surface area contributed by atoms with Crippen LogP contribution in [0.3, 0.4) is 0 Å². The number of aromatic nitrogens is 2. The highest BCUT2D eigenvalue weighted by Crippen LogP contribution is 2.35. The maximum Gasteiger partial charge on any atom is 0.137 e. The molecule has 6 nitrogen and oxygen atoms in total. The Morgan fingerprint density at radius 3 is 2.63 bits per heavy atom. The van der Waals surface area contributed by atoms with Crippen LogP contribution in [0.4, 0.5) is 5.82 Å². The van der Waals surface area contributed by atoms with Crippen molar-refractivity contribution in [2.75, 3.05) is 31.6 Å². The van der Waals surface area contributed by atoms with Crippen LogP contribution in [0.2, 0.25) is 0 Å². The molecule has 162 valence electrons. The van der Waals surface area contributed by atoms with Crippen LogP contribution in [-0.2, 0) is 4.74 Å². The molecule has 1 saturated heterocycles. The van der Waals surface area contributed by atoms with E-state index in [2.05, 4.69) is 38.4 Å². The fourth-order valence-corrected chi connectivity index (χ4v) is 5.63. The van der Waals surface area contributed by atoms with Crippen molar-refractivity contribution in [3.63, 3.8) is 0 Å². The molecule has 2 saturated carbocycles. The monoisotopic (exact) mass is 410 g/mol. The van der Waals surface area contributed by atoms with Gasteiger partial charge in [-0.1, -0.05) is 12.5 Å². The number of anilines is 1. The third kappa shape index (κ3) is 4.46. The van der Waals surface area contributed by atoms with Gasteiger partial charge in [0.25, 0.3) is 0 Å². The molecule has 2 aromatic rings. The fraction of sp³-hybridized carbons (Fsp3) is 0.667. The molecule has 2 N–H and O–H groups in total. The van der Waals surface area contributed by atoms with E-state index in [9.17, 15) is 5.11 Å². The summed E-state index contributed by atoms with van der Waals surface area (Å²) in [7, 11) is 0. The van der Waals surface area contributed by atoms with Crippen LogP contribution < -0.4 is 5.32 Å². The largest absolute Gasteiger partial charge is 0.393 e. The lowest BCUT2D eigenvalue weighted by molar-refractivity contribution is 0.00791. The third-order valence-electron chi connectivity index (χ3n) is 7.38. The first-order chi connectivity index (χ1) is 14.8. The van der Waals surface area contributed by atoms with Gasteiger partial charge in [0, 0.05) is 30.6 Å². The van der Waals surface area contributed by atoms with Crippen molar-refractivity contribution in [2.45, 2.75) is 75.5 Å². The Hall–Kier alpha value is -1.76. The quantitative estimate of drug-likeness (QED) is 0.801. The average molecular weight is 411 g/mol. The maximum atomic E-state index is 10.1. The molecule has 0 spiro atoms. The topological polar surface area (TPSA) is 70.5 Å². The van der Waals surface area contributed by atoms with Crippen molar-refractivity contribution >= 4 is 16.7 Å². The molecule has 0 amide bonds. The van der Waals surface area contributed by atoms with Gasteiger partial charge in [-0.25, -0.2) is 9.97 Å². The third-order valence-corrected chi connectivity index (χ3v) is 7.38. The summed E-state index contributed by atoms with van der Waals surface area (Å²) in [4.78, 5) is 11.7. The van der Waals surface area contributed by atoms with Crippen molar-refractivity contribution in [1.29, 1.82) is 0 Å². The molecule has 1 aromatic heterocycles. The molecule has 2 aliphatic carbocycles. The molecule has 3 fully saturated rings. The molecule has 3 aliphatic rings. The molecule has 30 heavy (non-hydrogen) atoms. The van der Waals surface area contributed by atoms with Crippen molar-refractivity contribution in [1.82, 2.24) is 14.9 Å². The van der Waals surface area contributed by atoms with Gasteiger partial charge in [0.1, 0.15) is 12.1 Å². The first-order valence-corrected chi connectivity index (χ1v) is 11.8. The number of hydrogen-bond donors (Lipinski definition) is 2. The summed E-state index contributed by atoms with van der Waals surface area (Å²) >= 11 is 0. The number of morpholine rings is 1. The second-order valence-electron chi connectivity index (χ2n) is 9.31. The number of ether oxygens (including phenoxy) is 1. The molecule has 2 atom stereocenters. The lowest BCUT2D eigenvalue weighted by atomic mass is 9.82. The molecule has 1 aromatic carbocycles. The zero-order valence-electron chi connectivity index (χ0n) is 17.8. The van der Waals surface area contributed by atoms with Gasteiger partial charge >= 0.3 is 0 Å². The average Bonchev–Trinajstić information content (AvgIpc) is 2.80. The number of fused-ring (bicyclic) bond motifs is 1. The zero-order valence-corrected chi connectivity index (χ0v) is 17.8. The second-order valence-corrected chi connectivity index (χ2v) is 9.31. The summed E-state index contributed by atoms with van der Waals surface area (Å²) in [5.74, 6) is 1.41. The Labute approximate surface area is 179 Å². The molecular weight excluding hydrogens is 376 g/mol. The number of nitrogens with one attached hydrogen (secondary N) is 1. The minimum Gasteiger partial charge on any atom is -0.393 e. The van der Waals surface area contributed by atoms with E-state index in [0.29, 0.717) is 18.0 Å². The number of aliphatic hydroxyl groups is 1. The SMILES string of the molecule is OC1CCCC(c2ccc3ncnc(NC4CCC(N5CCOCC5)CC4)c3c2)C1. The van der Waals surface area contributed by atoms with E-state index < -0.39 is 0 Å². The van der Waals surface area contributed by atoms with Crippen LogP contribution >= 0.6 is 0 Å². The summed E-state index contributed by atoms with van der Waals surface area (Å²) in [5.41, 5.74) is 2.31. The van der Waals surface area contributed by atoms with Crippen molar-refractivity contribution in [3.8, 4) is 0 Å². The van der Waals surface area contributed by atoms with Crippen LogP contribution in [0, 0.1) is 0 Å².